The van der Waals surface area contributed by atoms with Crippen molar-refractivity contribution in [2.24, 2.45) is 0 Å². The molecule has 20 heavy (non-hydrogen) atoms. The van der Waals surface area contributed by atoms with Crippen LogP contribution in [0.15, 0.2) is 53.1 Å². The fraction of sp³-hybridized carbons (Fsp3) is 0.353. The minimum atomic E-state index is 0.0729. The Morgan fingerprint density at radius 2 is 2.00 bits per heavy atom. The van der Waals surface area contributed by atoms with Gasteiger partial charge < -0.3 is 9.73 Å². The molecule has 1 N–H and O–H groups in total. The van der Waals surface area contributed by atoms with Gasteiger partial charge in [0.1, 0.15) is 5.76 Å². The maximum atomic E-state index is 12.0. The molecule has 1 aromatic heterocycles. The van der Waals surface area contributed by atoms with Crippen LogP contribution in [0.2, 0.25) is 0 Å². The molecule has 0 radical (unpaired) electrons. The lowest BCUT2D eigenvalue weighted by atomic mass is 10.0. The standard InChI is InChI=1S/C17H21NO2/c1-2-7-16(14-8-4-3-5-9-14)18-17(19)12-11-15-10-6-13-20-15/h3-6,8-10,13,16H,2,7,11-12H2,1H3,(H,18,19)/t16-/m1/s1. The van der Waals surface area contributed by atoms with Crippen LogP contribution >= 0.6 is 0 Å². The molecule has 0 aliphatic heterocycles. The van der Waals surface area contributed by atoms with E-state index in [0.717, 1.165) is 18.6 Å². The molecule has 2 aromatic rings. The highest BCUT2D eigenvalue weighted by Gasteiger charge is 2.13. The van der Waals surface area contributed by atoms with Gasteiger partial charge in [-0.3, -0.25) is 4.79 Å². The highest BCUT2D eigenvalue weighted by molar-refractivity contribution is 5.76. The van der Waals surface area contributed by atoms with Crippen molar-refractivity contribution in [3.05, 3.63) is 60.1 Å². The van der Waals surface area contributed by atoms with Crippen LogP contribution in [0.3, 0.4) is 0 Å². The molecule has 0 bridgehead atoms. The second kappa shape index (κ2) is 7.53. The number of aryl methyl sites for hydroxylation is 1. The van der Waals surface area contributed by atoms with E-state index in [2.05, 4.69) is 24.4 Å². The number of furan rings is 1. The number of hydrogen-bond acceptors (Lipinski definition) is 2. The van der Waals surface area contributed by atoms with Crippen molar-refractivity contribution in [2.75, 3.05) is 0 Å². The summed E-state index contributed by atoms with van der Waals surface area (Å²) in [4.78, 5) is 12.0. The Bertz CT molecular complexity index is 505. The Morgan fingerprint density at radius 1 is 1.20 bits per heavy atom. The Labute approximate surface area is 120 Å². The molecule has 3 nitrogen and oxygen atoms in total. The summed E-state index contributed by atoms with van der Waals surface area (Å²) in [5.41, 5.74) is 1.17. The number of rotatable bonds is 7. The van der Waals surface area contributed by atoms with E-state index in [4.69, 9.17) is 4.42 Å². The smallest absolute Gasteiger partial charge is 0.220 e. The average molecular weight is 271 g/mol. The summed E-state index contributed by atoms with van der Waals surface area (Å²) in [6, 6.07) is 14.0. The zero-order valence-corrected chi connectivity index (χ0v) is 11.8. The highest BCUT2D eigenvalue weighted by Crippen LogP contribution is 2.18. The van der Waals surface area contributed by atoms with Gasteiger partial charge in [-0.15, -0.1) is 0 Å². The van der Waals surface area contributed by atoms with Crippen LogP contribution in [0.25, 0.3) is 0 Å². The third kappa shape index (κ3) is 4.26. The quantitative estimate of drug-likeness (QED) is 0.830. The van der Waals surface area contributed by atoms with E-state index in [1.807, 2.05) is 30.3 Å². The van der Waals surface area contributed by atoms with Crippen molar-refractivity contribution in [3.8, 4) is 0 Å². The van der Waals surface area contributed by atoms with Crippen LogP contribution in [-0.2, 0) is 11.2 Å². The first-order chi connectivity index (χ1) is 9.79. The summed E-state index contributed by atoms with van der Waals surface area (Å²) < 4.78 is 5.24. The lowest BCUT2D eigenvalue weighted by Crippen LogP contribution is -2.28. The van der Waals surface area contributed by atoms with Crippen molar-refractivity contribution in [2.45, 2.75) is 38.6 Å². The van der Waals surface area contributed by atoms with Gasteiger partial charge in [0.2, 0.25) is 5.91 Å². The number of hydrogen-bond donors (Lipinski definition) is 1. The summed E-state index contributed by atoms with van der Waals surface area (Å²) in [5.74, 6) is 0.926. The average Bonchev–Trinajstić information content (AvgIpc) is 2.99. The molecule has 0 aliphatic rings. The third-order valence-electron chi connectivity index (χ3n) is 3.29. The zero-order valence-electron chi connectivity index (χ0n) is 11.8. The second-order valence-electron chi connectivity index (χ2n) is 4.90. The van der Waals surface area contributed by atoms with Gasteiger partial charge in [-0.2, -0.15) is 0 Å². The van der Waals surface area contributed by atoms with Crippen LogP contribution in [-0.4, -0.2) is 5.91 Å². The first-order valence-corrected chi connectivity index (χ1v) is 7.16. The number of nitrogens with one attached hydrogen (secondary N) is 1. The van der Waals surface area contributed by atoms with E-state index in [1.165, 1.54) is 5.56 Å². The molecular formula is C17H21NO2. The van der Waals surface area contributed by atoms with Crippen molar-refractivity contribution in [3.63, 3.8) is 0 Å². The van der Waals surface area contributed by atoms with E-state index in [9.17, 15) is 4.79 Å². The van der Waals surface area contributed by atoms with Crippen LogP contribution in [0.5, 0.6) is 0 Å². The molecule has 0 fully saturated rings. The summed E-state index contributed by atoms with van der Waals surface area (Å²) in [7, 11) is 0. The van der Waals surface area contributed by atoms with Crippen molar-refractivity contribution < 1.29 is 9.21 Å². The topological polar surface area (TPSA) is 42.2 Å². The minimum Gasteiger partial charge on any atom is -0.469 e. The number of benzene rings is 1. The fourth-order valence-corrected chi connectivity index (χ4v) is 2.25. The molecule has 1 atom stereocenters. The number of carbonyl (C=O) groups excluding carboxylic acids is 1. The molecule has 106 valence electrons. The SMILES string of the molecule is CCC[C@@H](NC(=O)CCc1ccco1)c1ccccc1. The molecule has 1 amide bonds. The summed E-state index contributed by atoms with van der Waals surface area (Å²) in [6.45, 7) is 2.13. The van der Waals surface area contributed by atoms with Gasteiger partial charge in [-0.05, 0) is 24.1 Å². The number of amides is 1. The van der Waals surface area contributed by atoms with Gasteiger partial charge >= 0.3 is 0 Å². The lowest BCUT2D eigenvalue weighted by molar-refractivity contribution is -0.121. The van der Waals surface area contributed by atoms with Crippen molar-refractivity contribution >= 4 is 5.91 Å². The van der Waals surface area contributed by atoms with Crippen LogP contribution in [0.1, 0.15) is 43.6 Å². The molecule has 2 rings (SSSR count). The van der Waals surface area contributed by atoms with Gasteiger partial charge in [0.05, 0.1) is 12.3 Å². The Kier molecular flexibility index (Phi) is 5.42. The molecule has 0 unspecified atom stereocenters. The first-order valence-electron chi connectivity index (χ1n) is 7.16. The molecule has 0 aliphatic carbocycles. The highest BCUT2D eigenvalue weighted by atomic mass is 16.3. The van der Waals surface area contributed by atoms with Gasteiger partial charge in [0.15, 0.2) is 0 Å². The molecule has 0 saturated heterocycles. The third-order valence-corrected chi connectivity index (χ3v) is 3.29. The van der Waals surface area contributed by atoms with Gasteiger partial charge in [-0.25, -0.2) is 0 Å². The predicted octanol–water partition coefficient (Wildman–Crippen LogP) is 3.87. The molecule has 1 heterocycles. The largest absolute Gasteiger partial charge is 0.469 e. The van der Waals surface area contributed by atoms with Gasteiger partial charge in [0, 0.05) is 12.8 Å². The first kappa shape index (κ1) is 14.4. The van der Waals surface area contributed by atoms with Crippen LogP contribution in [0, 0.1) is 0 Å². The molecule has 0 saturated carbocycles. The molecule has 0 spiro atoms. The van der Waals surface area contributed by atoms with E-state index in [0.29, 0.717) is 12.8 Å². The number of carbonyl (C=O) groups is 1. The van der Waals surface area contributed by atoms with Crippen molar-refractivity contribution in [1.29, 1.82) is 0 Å². The van der Waals surface area contributed by atoms with E-state index in [-0.39, 0.29) is 11.9 Å². The summed E-state index contributed by atoms with van der Waals surface area (Å²) in [6.07, 6.45) is 4.73. The zero-order chi connectivity index (χ0) is 14.2. The summed E-state index contributed by atoms with van der Waals surface area (Å²) in [5, 5.41) is 3.12. The normalized spacial score (nSPS) is 12.1. The monoisotopic (exact) mass is 271 g/mol. The Morgan fingerprint density at radius 3 is 2.65 bits per heavy atom. The van der Waals surface area contributed by atoms with E-state index >= 15 is 0 Å². The molecule has 3 heteroatoms. The molecular weight excluding hydrogens is 250 g/mol. The maximum absolute atomic E-state index is 12.0. The maximum Gasteiger partial charge on any atom is 0.220 e. The Balaban J connectivity index is 1.89. The van der Waals surface area contributed by atoms with Gasteiger partial charge in [-0.1, -0.05) is 43.7 Å². The fourth-order valence-electron chi connectivity index (χ4n) is 2.25. The van der Waals surface area contributed by atoms with E-state index in [1.54, 1.807) is 6.26 Å². The second-order valence-corrected chi connectivity index (χ2v) is 4.90. The van der Waals surface area contributed by atoms with E-state index < -0.39 is 0 Å². The summed E-state index contributed by atoms with van der Waals surface area (Å²) >= 11 is 0. The molecule has 1 aromatic carbocycles. The van der Waals surface area contributed by atoms with Gasteiger partial charge in [0.25, 0.3) is 0 Å². The van der Waals surface area contributed by atoms with Crippen LogP contribution in [0.4, 0.5) is 0 Å². The van der Waals surface area contributed by atoms with Crippen molar-refractivity contribution in [1.82, 2.24) is 5.32 Å². The lowest BCUT2D eigenvalue weighted by Gasteiger charge is -2.18. The predicted molar refractivity (Wildman–Crippen MR) is 79.3 cm³/mol. The minimum absolute atomic E-state index is 0.0729. The van der Waals surface area contributed by atoms with Crippen LogP contribution < -0.4 is 5.32 Å². The Hall–Kier alpha value is -2.03.